The summed E-state index contributed by atoms with van der Waals surface area (Å²) in [6, 6.07) is 5.47. The third-order valence-corrected chi connectivity index (χ3v) is 4.12. The minimum atomic E-state index is -0.444. The topological polar surface area (TPSA) is 27.0 Å². The number of anilines is 1. The Morgan fingerprint density at radius 3 is 2.69 bits per heavy atom. The summed E-state index contributed by atoms with van der Waals surface area (Å²) >= 11 is 3.11. The number of hydrogen-bond acceptors (Lipinski definition) is 2. The summed E-state index contributed by atoms with van der Waals surface area (Å²) in [7, 11) is 0. The van der Waals surface area contributed by atoms with E-state index in [4.69, 9.17) is 5.26 Å². The summed E-state index contributed by atoms with van der Waals surface area (Å²) < 4.78 is 14.1. The van der Waals surface area contributed by atoms with Crippen LogP contribution < -0.4 is 4.90 Å². The predicted molar refractivity (Wildman–Crippen MR) is 62.6 cm³/mol. The van der Waals surface area contributed by atoms with Gasteiger partial charge in [-0.05, 0) is 46.3 Å². The molecule has 1 heterocycles. The first-order valence-electron chi connectivity index (χ1n) is 5.33. The van der Waals surface area contributed by atoms with E-state index in [0.717, 1.165) is 30.6 Å². The Morgan fingerprint density at radius 1 is 1.38 bits per heavy atom. The second-order valence-electron chi connectivity index (χ2n) is 4.53. The summed E-state index contributed by atoms with van der Waals surface area (Å²) in [5.74, 6) is 1.11. The molecule has 1 aromatic rings. The maximum absolute atomic E-state index is 13.7. The number of halogens is 2. The number of nitriles is 1. The van der Waals surface area contributed by atoms with Gasteiger partial charge in [-0.3, -0.25) is 0 Å². The highest BCUT2D eigenvalue weighted by Gasteiger charge is 2.45. The average Bonchev–Trinajstić information content (AvgIpc) is 2.89. The first-order chi connectivity index (χ1) is 7.70. The zero-order valence-corrected chi connectivity index (χ0v) is 10.2. The van der Waals surface area contributed by atoms with Crippen molar-refractivity contribution in [2.24, 2.45) is 11.8 Å². The molecule has 4 heteroatoms. The molecule has 0 aromatic heterocycles. The van der Waals surface area contributed by atoms with Crippen molar-refractivity contribution in [1.82, 2.24) is 0 Å². The Labute approximate surface area is 102 Å². The molecule has 3 rings (SSSR count). The van der Waals surface area contributed by atoms with Gasteiger partial charge in [-0.15, -0.1) is 0 Å². The van der Waals surface area contributed by atoms with Gasteiger partial charge in [0, 0.05) is 13.1 Å². The van der Waals surface area contributed by atoms with Gasteiger partial charge in [0.15, 0.2) is 5.82 Å². The molecule has 2 atom stereocenters. The Kier molecular flexibility index (Phi) is 2.18. The first kappa shape index (κ1) is 10.1. The molecule has 2 aliphatic rings. The van der Waals surface area contributed by atoms with Crippen molar-refractivity contribution >= 4 is 21.6 Å². The van der Waals surface area contributed by atoms with E-state index in [1.54, 1.807) is 6.07 Å². The van der Waals surface area contributed by atoms with E-state index in [1.165, 1.54) is 6.42 Å². The molecule has 82 valence electrons. The standard InChI is InChI=1S/C12H10BrFN2/c13-10-1-2-11(9(4-15)12(10)14)16-5-7-3-8(7)6-16/h1-2,7-8H,3,5-6H2. The molecule has 1 saturated carbocycles. The van der Waals surface area contributed by atoms with E-state index in [0.29, 0.717) is 4.47 Å². The predicted octanol–water partition coefficient (Wildman–Crippen LogP) is 2.92. The fraction of sp³-hybridized carbons (Fsp3) is 0.417. The quantitative estimate of drug-likeness (QED) is 0.791. The Morgan fingerprint density at radius 2 is 2.06 bits per heavy atom. The largest absolute Gasteiger partial charge is 0.370 e. The van der Waals surface area contributed by atoms with Gasteiger partial charge in [0.25, 0.3) is 0 Å². The molecule has 0 spiro atoms. The molecular formula is C12H10BrFN2. The van der Waals surface area contributed by atoms with Crippen molar-refractivity contribution in [2.75, 3.05) is 18.0 Å². The number of fused-ring (bicyclic) bond motifs is 1. The number of nitrogens with zero attached hydrogens (tertiary/aromatic N) is 2. The molecule has 2 nitrogen and oxygen atoms in total. The fourth-order valence-corrected chi connectivity index (χ4v) is 2.84. The van der Waals surface area contributed by atoms with E-state index in [2.05, 4.69) is 20.8 Å². The van der Waals surface area contributed by atoms with Gasteiger partial charge in [-0.1, -0.05) is 0 Å². The van der Waals surface area contributed by atoms with Crippen LogP contribution in [0.5, 0.6) is 0 Å². The molecular weight excluding hydrogens is 271 g/mol. The summed E-state index contributed by atoms with van der Waals surface area (Å²) in [5.41, 5.74) is 0.908. The number of rotatable bonds is 1. The van der Waals surface area contributed by atoms with Crippen molar-refractivity contribution in [3.8, 4) is 6.07 Å². The fourth-order valence-electron chi connectivity index (χ4n) is 2.51. The van der Waals surface area contributed by atoms with Crippen molar-refractivity contribution < 1.29 is 4.39 Å². The van der Waals surface area contributed by atoms with Crippen molar-refractivity contribution in [3.05, 3.63) is 28.0 Å². The van der Waals surface area contributed by atoms with Crippen LogP contribution >= 0.6 is 15.9 Å². The maximum Gasteiger partial charge on any atom is 0.157 e. The van der Waals surface area contributed by atoms with Gasteiger partial charge in [-0.25, -0.2) is 4.39 Å². The highest BCUT2D eigenvalue weighted by molar-refractivity contribution is 9.10. The lowest BCUT2D eigenvalue weighted by Gasteiger charge is -2.21. The van der Waals surface area contributed by atoms with Crippen LogP contribution in [0.4, 0.5) is 10.1 Å². The lowest BCUT2D eigenvalue weighted by molar-refractivity contribution is 0.616. The van der Waals surface area contributed by atoms with Gasteiger partial charge < -0.3 is 4.90 Å². The third kappa shape index (κ3) is 1.42. The summed E-state index contributed by atoms with van der Waals surface area (Å²) in [4.78, 5) is 2.13. The van der Waals surface area contributed by atoms with Crippen LogP contribution in [0.3, 0.4) is 0 Å². The van der Waals surface area contributed by atoms with Crippen LogP contribution in [-0.4, -0.2) is 13.1 Å². The Balaban J connectivity index is 2.01. The average molecular weight is 281 g/mol. The van der Waals surface area contributed by atoms with E-state index < -0.39 is 5.82 Å². The van der Waals surface area contributed by atoms with Crippen molar-refractivity contribution in [2.45, 2.75) is 6.42 Å². The molecule has 1 aliphatic heterocycles. The minimum absolute atomic E-state index is 0.163. The van der Waals surface area contributed by atoms with Gasteiger partial charge in [-0.2, -0.15) is 5.26 Å². The molecule has 0 N–H and O–H groups in total. The molecule has 1 aliphatic carbocycles. The lowest BCUT2D eigenvalue weighted by Crippen LogP contribution is -2.23. The third-order valence-electron chi connectivity index (χ3n) is 3.50. The lowest BCUT2D eigenvalue weighted by atomic mass is 10.1. The van der Waals surface area contributed by atoms with Crippen LogP contribution in [0.15, 0.2) is 16.6 Å². The van der Waals surface area contributed by atoms with Crippen LogP contribution in [0.1, 0.15) is 12.0 Å². The highest BCUT2D eigenvalue weighted by Crippen LogP contribution is 2.47. The summed E-state index contributed by atoms with van der Waals surface area (Å²) in [6.45, 7) is 1.95. The zero-order chi connectivity index (χ0) is 11.3. The summed E-state index contributed by atoms with van der Waals surface area (Å²) in [6.07, 6.45) is 1.30. The molecule has 2 fully saturated rings. The molecule has 1 saturated heterocycles. The molecule has 1 aromatic carbocycles. The van der Waals surface area contributed by atoms with E-state index in [-0.39, 0.29) is 5.56 Å². The molecule has 16 heavy (non-hydrogen) atoms. The Hall–Kier alpha value is -1.08. The van der Waals surface area contributed by atoms with Crippen molar-refractivity contribution in [3.63, 3.8) is 0 Å². The first-order valence-corrected chi connectivity index (χ1v) is 6.13. The second-order valence-corrected chi connectivity index (χ2v) is 5.38. The smallest absolute Gasteiger partial charge is 0.157 e. The van der Waals surface area contributed by atoms with Gasteiger partial charge in [0.1, 0.15) is 11.6 Å². The number of benzene rings is 1. The highest BCUT2D eigenvalue weighted by atomic mass is 79.9. The van der Waals surface area contributed by atoms with Gasteiger partial charge in [0.2, 0.25) is 0 Å². The molecule has 0 radical (unpaired) electrons. The van der Waals surface area contributed by atoms with E-state index >= 15 is 0 Å². The number of piperidine rings is 1. The van der Waals surface area contributed by atoms with Crippen LogP contribution in [-0.2, 0) is 0 Å². The molecule has 0 bridgehead atoms. The maximum atomic E-state index is 13.7. The Bertz CT molecular complexity index is 485. The SMILES string of the molecule is N#Cc1c(N2CC3CC3C2)ccc(Br)c1F. The molecule has 0 amide bonds. The normalized spacial score (nSPS) is 26.4. The van der Waals surface area contributed by atoms with Gasteiger partial charge in [0.05, 0.1) is 10.2 Å². The van der Waals surface area contributed by atoms with Crippen molar-refractivity contribution in [1.29, 1.82) is 5.26 Å². The van der Waals surface area contributed by atoms with Crippen LogP contribution in [0.25, 0.3) is 0 Å². The van der Waals surface area contributed by atoms with E-state index in [9.17, 15) is 4.39 Å². The van der Waals surface area contributed by atoms with Gasteiger partial charge >= 0.3 is 0 Å². The summed E-state index contributed by atoms with van der Waals surface area (Å²) in [5, 5.41) is 9.02. The number of hydrogen-bond donors (Lipinski definition) is 0. The second kappa shape index (κ2) is 3.46. The zero-order valence-electron chi connectivity index (χ0n) is 8.58. The molecule has 2 unspecified atom stereocenters. The minimum Gasteiger partial charge on any atom is -0.370 e. The van der Waals surface area contributed by atoms with Crippen LogP contribution in [0, 0.1) is 29.0 Å². The van der Waals surface area contributed by atoms with E-state index in [1.807, 2.05) is 12.1 Å². The van der Waals surface area contributed by atoms with Crippen LogP contribution in [0.2, 0.25) is 0 Å². The monoisotopic (exact) mass is 280 g/mol.